The van der Waals surface area contributed by atoms with Gasteiger partial charge in [-0.1, -0.05) is 6.92 Å². The molecular weight excluding hydrogens is 208 g/mol. The van der Waals surface area contributed by atoms with E-state index in [4.69, 9.17) is 10.8 Å². The third kappa shape index (κ3) is 2.87. The van der Waals surface area contributed by atoms with E-state index in [0.717, 1.165) is 0 Å². The number of carbonyl (C=O) groups is 1. The van der Waals surface area contributed by atoms with Gasteiger partial charge in [0.2, 0.25) is 0 Å². The molecule has 0 aromatic heterocycles. The Labute approximate surface area is 93.9 Å². The van der Waals surface area contributed by atoms with Gasteiger partial charge in [0, 0.05) is 5.69 Å². The van der Waals surface area contributed by atoms with Gasteiger partial charge in [-0.25, -0.2) is 0 Å². The number of rotatable bonds is 4. The van der Waals surface area contributed by atoms with Crippen molar-refractivity contribution >= 4 is 11.6 Å². The van der Waals surface area contributed by atoms with Crippen molar-refractivity contribution in [1.82, 2.24) is 5.32 Å². The van der Waals surface area contributed by atoms with Gasteiger partial charge in [-0.05, 0) is 24.6 Å². The molecule has 0 saturated carbocycles. The number of amides is 1. The second kappa shape index (κ2) is 5.37. The van der Waals surface area contributed by atoms with Gasteiger partial charge in [-0.3, -0.25) is 4.79 Å². The Bertz CT molecular complexity index is 375. The molecule has 5 heteroatoms. The summed E-state index contributed by atoms with van der Waals surface area (Å²) in [7, 11) is 0. The fourth-order valence-electron chi connectivity index (χ4n) is 1.28. The molecule has 1 aromatic rings. The van der Waals surface area contributed by atoms with Crippen molar-refractivity contribution in [3.63, 3.8) is 0 Å². The molecule has 0 radical (unpaired) electrons. The summed E-state index contributed by atoms with van der Waals surface area (Å²) in [5, 5.41) is 20.8. The largest absolute Gasteiger partial charge is 0.508 e. The number of hydrogen-bond donors (Lipinski definition) is 4. The first-order valence-corrected chi connectivity index (χ1v) is 5.08. The van der Waals surface area contributed by atoms with Crippen molar-refractivity contribution < 1.29 is 15.0 Å². The van der Waals surface area contributed by atoms with Gasteiger partial charge < -0.3 is 21.3 Å². The highest BCUT2D eigenvalue weighted by molar-refractivity contribution is 5.99. The van der Waals surface area contributed by atoms with Crippen LogP contribution in [0.2, 0.25) is 0 Å². The molecule has 1 aromatic carbocycles. The zero-order valence-electron chi connectivity index (χ0n) is 9.10. The molecule has 88 valence electrons. The van der Waals surface area contributed by atoms with E-state index >= 15 is 0 Å². The van der Waals surface area contributed by atoms with E-state index in [2.05, 4.69) is 5.32 Å². The molecule has 0 fully saturated rings. The Hall–Kier alpha value is -1.75. The predicted octanol–water partition coefficient (Wildman–Crippen LogP) is 0.475. The summed E-state index contributed by atoms with van der Waals surface area (Å²) in [6.07, 6.45) is 0.626. The van der Waals surface area contributed by atoms with E-state index in [1.165, 1.54) is 18.2 Å². The normalized spacial score (nSPS) is 12.1. The Morgan fingerprint density at radius 1 is 1.56 bits per heavy atom. The second-order valence-electron chi connectivity index (χ2n) is 3.53. The number of benzene rings is 1. The molecule has 0 aliphatic carbocycles. The number of phenolic OH excluding ortho intramolecular Hbond substituents is 1. The Balaban J connectivity index is 2.83. The maximum Gasteiger partial charge on any atom is 0.253 e. The van der Waals surface area contributed by atoms with Gasteiger partial charge in [0.1, 0.15) is 5.75 Å². The fraction of sp³-hybridized carbons (Fsp3) is 0.364. The maximum atomic E-state index is 11.7. The van der Waals surface area contributed by atoms with Crippen LogP contribution in [0.3, 0.4) is 0 Å². The molecule has 1 rings (SSSR count). The molecule has 0 bridgehead atoms. The van der Waals surface area contributed by atoms with Crippen molar-refractivity contribution in [2.75, 3.05) is 12.3 Å². The topological polar surface area (TPSA) is 95.6 Å². The van der Waals surface area contributed by atoms with Gasteiger partial charge in [-0.15, -0.1) is 0 Å². The summed E-state index contributed by atoms with van der Waals surface area (Å²) in [5.74, 6) is -0.411. The number of nitrogens with two attached hydrogens (primary N) is 1. The first-order chi connectivity index (χ1) is 7.58. The zero-order valence-corrected chi connectivity index (χ0v) is 9.10. The number of carbonyl (C=O) groups excluding carboxylic acids is 1. The average molecular weight is 224 g/mol. The lowest BCUT2D eigenvalue weighted by Crippen LogP contribution is -2.37. The van der Waals surface area contributed by atoms with Gasteiger partial charge in [0.15, 0.2) is 0 Å². The van der Waals surface area contributed by atoms with Crippen molar-refractivity contribution in [3.05, 3.63) is 23.8 Å². The first kappa shape index (κ1) is 12.3. The van der Waals surface area contributed by atoms with Crippen LogP contribution in [0.1, 0.15) is 23.7 Å². The van der Waals surface area contributed by atoms with Crippen LogP contribution < -0.4 is 11.1 Å². The summed E-state index contributed by atoms with van der Waals surface area (Å²) in [6, 6.07) is 3.88. The van der Waals surface area contributed by atoms with Crippen LogP contribution in [-0.2, 0) is 0 Å². The van der Waals surface area contributed by atoms with Crippen molar-refractivity contribution in [3.8, 4) is 5.75 Å². The Kier molecular flexibility index (Phi) is 4.13. The highest BCUT2D eigenvalue weighted by atomic mass is 16.3. The molecule has 0 heterocycles. The number of nitrogens with one attached hydrogen (secondary N) is 1. The van der Waals surface area contributed by atoms with Crippen LogP contribution in [0.25, 0.3) is 0 Å². The van der Waals surface area contributed by atoms with E-state index in [-0.39, 0.29) is 24.0 Å². The minimum absolute atomic E-state index is 0.0172. The SMILES string of the molecule is CC[C@H](CO)NC(=O)c1cc(O)ccc1N. The van der Waals surface area contributed by atoms with Crippen LogP contribution in [0.15, 0.2) is 18.2 Å². The van der Waals surface area contributed by atoms with E-state index in [1.807, 2.05) is 6.92 Å². The molecular formula is C11H16N2O3. The van der Waals surface area contributed by atoms with E-state index < -0.39 is 5.91 Å². The minimum Gasteiger partial charge on any atom is -0.508 e. The molecule has 5 nitrogen and oxygen atoms in total. The molecule has 1 atom stereocenters. The second-order valence-corrected chi connectivity index (χ2v) is 3.53. The highest BCUT2D eigenvalue weighted by Crippen LogP contribution is 2.18. The summed E-state index contributed by atoms with van der Waals surface area (Å²) in [6.45, 7) is 1.73. The molecule has 0 unspecified atom stereocenters. The number of aliphatic hydroxyl groups is 1. The van der Waals surface area contributed by atoms with Crippen molar-refractivity contribution in [2.24, 2.45) is 0 Å². The predicted molar refractivity (Wildman–Crippen MR) is 61.2 cm³/mol. The lowest BCUT2D eigenvalue weighted by atomic mass is 10.1. The average Bonchev–Trinajstić information content (AvgIpc) is 2.28. The van der Waals surface area contributed by atoms with Crippen LogP contribution in [0.4, 0.5) is 5.69 Å². The molecule has 0 saturated heterocycles. The molecule has 16 heavy (non-hydrogen) atoms. The van der Waals surface area contributed by atoms with Crippen LogP contribution in [-0.4, -0.2) is 28.8 Å². The Morgan fingerprint density at radius 2 is 2.25 bits per heavy atom. The zero-order chi connectivity index (χ0) is 12.1. The van der Waals surface area contributed by atoms with E-state index in [0.29, 0.717) is 12.1 Å². The summed E-state index contributed by atoms with van der Waals surface area (Å²) in [5.41, 5.74) is 6.12. The summed E-state index contributed by atoms with van der Waals surface area (Å²) in [4.78, 5) is 11.7. The summed E-state index contributed by atoms with van der Waals surface area (Å²) >= 11 is 0. The number of aromatic hydroxyl groups is 1. The fourth-order valence-corrected chi connectivity index (χ4v) is 1.28. The summed E-state index contributed by atoms with van der Waals surface area (Å²) < 4.78 is 0. The highest BCUT2D eigenvalue weighted by Gasteiger charge is 2.14. The monoisotopic (exact) mass is 224 g/mol. The van der Waals surface area contributed by atoms with Crippen LogP contribution >= 0.6 is 0 Å². The van der Waals surface area contributed by atoms with Gasteiger partial charge in [-0.2, -0.15) is 0 Å². The third-order valence-electron chi connectivity index (χ3n) is 2.33. The quantitative estimate of drug-likeness (QED) is 0.441. The lowest BCUT2D eigenvalue weighted by Gasteiger charge is -2.14. The van der Waals surface area contributed by atoms with Crippen molar-refractivity contribution in [1.29, 1.82) is 0 Å². The number of hydrogen-bond acceptors (Lipinski definition) is 4. The number of nitrogen functional groups attached to an aromatic ring is 1. The van der Waals surface area contributed by atoms with E-state index in [1.54, 1.807) is 0 Å². The van der Waals surface area contributed by atoms with Gasteiger partial charge in [0.05, 0.1) is 18.2 Å². The van der Waals surface area contributed by atoms with Crippen LogP contribution in [0, 0.1) is 0 Å². The number of anilines is 1. The van der Waals surface area contributed by atoms with Gasteiger partial charge >= 0.3 is 0 Å². The number of aliphatic hydroxyl groups excluding tert-OH is 1. The molecule has 0 aliphatic rings. The third-order valence-corrected chi connectivity index (χ3v) is 2.33. The van der Waals surface area contributed by atoms with Gasteiger partial charge in [0.25, 0.3) is 5.91 Å². The molecule has 0 aliphatic heterocycles. The number of phenols is 1. The van der Waals surface area contributed by atoms with E-state index in [9.17, 15) is 9.90 Å². The molecule has 1 amide bonds. The maximum absolute atomic E-state index is 11.7. The Morgan fingerprint density at radius 3 is 2.81 bits per heavy atom. The lowest BCUT2D eigenvalue weighted by molar-refractivity contribution is 0.0915. The standard InChI is InChI=1S/C11H16N2O3/c1-2-7(6-14)13-11(16)9-5-8(15)3-4-10(9)12/h3-5,7,14-15H,2,6,12H2,1H3,(H,13,16)/t7-/m1/s1. The van der Waals surface area contributed by atoms with Crippen molar-refractivity contribution in [2.45, 2.75) is 19.4 Å². The smallest absolute Gasteiger partial charge is 0.253 e. The molecule has 0 spiro atoms. The van der Waals surface area contributed by atoms with Crippen LogP contribution in [0.5, 0.6) is 5.75 Å². The first-order valence-electron chi connectivity index (χ1n) is 5.08. The minimum atomic E-state index is -0.394. The molecule has 5 N–H and O–H groups in total.